The van der Waals surface area contributed by atoms with Gasteiger partial charge in [0.15, 0.2) is 0 Å². The van der Waals surface area contributed by atoms with Gasteiger partial charge in [0.2, 0.25) is 0 Å². The van der Waals surface area contributed by atoms with Crippen molar-refractivity contribution in [2.24, 2.45) is 0 Å². The maximum Gasteiger partial charge on any atom is 0.339 e. The van der Waals surface area contributed by atoms with E-state index >= 15 is 0 Å². The van der Waals surface area contributed by atoms with Crippen molar-refractivity contribution in [3.05, 3.63) is 33.4 Å². The minimum absolute atomic E-state index is 0.141. The van der Waals surface area contributed by atoms with Gasteiger partial charge in [0, 0.05) is 0 Å². The van der Waals surface area contributed by atoms with Gasteiger partial charge in [-0.15, -0.1) is 0 Å². The molecule has 1 N–H and O–H groups in total. The molecular weight excluding hydrogens is 379 g/mol. The standard InChI is InChI=1S/C16H26B4O7S/c1-2-26-15(21)13-11(7-19)9(5-17)10(6-18)12(8-20)14(13)16(22)27-3-4-28(23,24)25/h2-8,17-20H2,1H3,(H,23,24,25). The Kier molecular flexibility index (Phi) is 9.36. The zero-order valence-corrected chi connectivity index (χ0v) is 18.1. The van der Waals surface area contributed by atoms with Crippen LogP contribution in [0.3, 0.4) is 0 Å². The summed E-state index contributed by atoms with van der Waals surface area (Å²) < 4.78 is 41.0. The molecule has 0 saturated heterocycles. The van der Waals surface area contributed by atoms with Crippen molar-refractivity contribution < 1.29 is 32.0 Å². The van der Waals surface area contributed by atoms with Crippen LogP contribution in [0.25, 0.3) is 0 Å². The number of ether oxygens (including phenoxy) is 2. The molecule has 0 heterocycles. The SMILES string of the molecule is BCc1c(CB)c(CB)c(C(=O)OCCS(=O)(=O)O)c(C(=O)OCC)c1CB. The molecule has 0 fully saturated rings. The maximum atomic E-state index is 12.9. The molecule has 0 spiro atoms. The molecular formula is C16H26B4O7S. The van der Waals surface area contributed by atoms with Crippen molar-refractivity contribution >= 4 is 53.4 Å². The Morgan fingerprint density at radius 2 is 1.21 bits per heavy atom. The molecule has 0 aliphatic rings. The summed E-state index contributed by atoms with van der Waals surface area (Å²) in [4.78, 5) is 25.6. The monoisotopic (exact) mass is 406 g/mol. The van der Waals surface area contributed by atoms with Crippen LogP contribution in [0.1, 0.15) is 49.9 Å². The molecule has 0 saturated carbocycles. The first-order valence-electron chi connectivity index (χ1n) is 9.65. The van der Waals surface area contributed by atoms with Gasteiger partial charge in [-0.25, -0.2) is 9.59 Å². The van der Waals surface area contributed by atoms with Gasteiger partial charge in [0.05, 0.1) is 17.7 Å². The molecule has 150 valence electrons. The summed E-state index contributed by atoms with van der Waals surface area (Å²) in [6, 6.07) is 0. The Bertz CT molecular complexity index is 840. The zero-order chi connectivity index (χ0) is 21.5. The van der Waals surface area contributed by atoms with E-state index in [1.54, 1.807) is 6.92 Å². The van der Waals surface area contributed by atoms with Gasteiger partial charge in [-0.3, -0.25) is 4.55 Å². The summed E-state index contributed by atoms with van der Waals surface area (Å²) in [5.74, 6) is -2.08. The number of carbonyl (C=O) groups is 2. The van der Waals surface area contributed by atoms with Gasteiger partial charge in [0.25, 0.3) is 10.1 Å². The van der Waals surface area contributed by atoms with Crippen LogP contribution >= 0.6 is 0 Å². The molecule has 7 nitrogen and oxygen atoms in total. The average Bonchev–Trinajstić information content (AvgIpc) is 2.64. The number of hydrogen-bond acceptors (Lipinski definition) is 6. The molecule has 0 bridgehead atoms. The predicted molar refractivity (Wildman–Crippen MR) is 118 cm³/mol. The minimum Gasteiger partial charge on any atom is -0.462 e. The normalized spacial score (nSPS) is 11.2. The lowest BCUT2D eigenvalue weighted by Crippen LogP contribution is -2.24. The lowest BCUT2D eigenvalue weighted by Gasteiger charge is -2.24. The second kappa shape index (κ2) is 10.8. The summed E-state index contributed by atoms with van der Waals surface area (Å²) in [7, 11) is 3.54. The molecule has 0 aliphatic carbocycles. The highest BCUT2D eigenvalue weighted by Crippen LogP contribution is 2.31. The first-order valence-corrected chi connectivity index (χ1v) is 11.3. The Labute approximate surface area is 170 Å². The molecule has 1 rings (SSSR count). The summed E-state index contributed by atoms with van der Waals surface area (Å²) in [6.45, 7) is 1.36. The van der Waals surface area contributed by atoms with Crippen molar-refractivity contribution in [3.63, 3.8) is 0 Å². The maximum absolute atomic E-state index is 12.9. The second-order valence-corrected chi connectivity index (χ2v) is 7.79. The van der Waals surface area contributed by atoms with E-state index in [2.05, 4.69) is 0 Å². The Balaban J connectivity index is 3.69. The van der Waals surface area contributed by atoms with Crippen LogP contribution in [0.4, 0.5) is 0 Å². The second-order valence-electron chi connectivity index (χ2n) is 6.22. The molecule has 0 radical (unpaired) electrons. The van der Waals surface area contributed by atoms with Gasteiger partial charge < -0.3 is 9.47 Å². The average molecular weight is 406 g/mol. The summed E-state index contributed by atoms with van der Waals surface area (Å²) >= 11 is 0. The third kappa shape index (κ3) is 5.67. The van der Waals surface area contributed by atoms with Gasteiger partial charge in [-0.05, 0) is 29.2 Å². The first kappa shape index (κ1) is 24.4. The van der Waals surface area contributed by atoms with Crippen molar-refractivity contribution in [1.82, 2.24) is 0 Å². The highest BCUT2D eigenvalue weighted by atomic mass is 32.2. The summed E-state index contributed by atoms with van der Waals surface area (Å²) in [5, 5.41) is 0. The first-order chi connectivity index (χ1) is 13.2. The van der Waals surface area contributed by atoms with Crippen molar-refractivity contribution in [3.8, 4) is 0 Å². The van der Waals surface area contributed by atoms with Gasteiger partial charge in [-0.1, -0.05) is 25.3 Å². The van der Waals surface area contributed by atoms with Crippen LogP contribution in [-0.2, 0) is 44.9 Å². The van der Waals surface area contributed by atoms with Crippen LogP contribution in [0.5, 0.6) is 0 Å². The highest BCUT2D eigenvalue weighted by molar-refractivity contribution is 7.85. The number of benzene rings is 1. The molecule has 1 aromatic carbocycles. The van der Waals surface area contributed by atoms with Crippen LogP contribution in [-0.4, -0.2) is 75.3 Å². The fraction of sp³-hybridized carbons (Fsp3) is 0.500. The Morgan fingerprint density at radius 1 is 0.821 bits per heavy atom. The smallest absolute Gasteiger partial charge is 0.339 e. The molecule has 0 amide bonds. The van der Waals surface area contributed by atoms with E-state index in [1.807, 2.05) is 31.4 Å². The van der Waals surface area contributed by atoms with E-state index in [9.17, 15) is 18.0 Å². The van der Waals surface area contributed by atoms with Crippen LogP contribution in [0, 0.1) is 0 Å². The molecule has 1 aromatic rings. The highest BCUT2D eigenvalue weighted by Gasteiger charge is 2.30. The van der Waals surface area contributed by atoms with Crippen molar-refractivity contribution in [2.75, 3.05) is 19.0 Å². The van der Waals surface area contributed by atoms with Crippen LogP contribution in [0.2, 0.25) is 0 Å². The fourth-order valence-corrected chi connectivity index (χ4v) is 3.86. The predicted octanol–water partition coefficient (Wildman–Crippen LogP) is -2.56. The molecule has 28 heavy (non-hydrogen) atoms. The summed E-state index contributed by atoms with van der Waals surface area (Å²) in [5.41, 5.74) is 3.87. The molecule has 0 aliphatic heterocycles. The largest absolute Gasteiger partial charge is 0.462 e. The van der Waals surface area contributed by atoms with E-state index in [1.165, 1.54) is 0 Å². The molecule has 0 unspecified atom stereocenters. The Hall–Kier alpha value is -1.67. The van der Waals surface area contributed by atoms with Gasteiger partial charge >= 0.3 is 11.9 Å². The Morgan fingerprint density at radius 3 is 1.54 bits per heavy atom. The third-order valence-corrected chi connectivity index (χ3v) is 5.30. The van der Waals surface area contributed by atoms with Gasteiger partial charge in [0.1, 0.15) is 43.7 Å². The van der Waals surface area contributed by atoms with E-state index in [0.29, 0.717) is 25.3 Å². The molecule has 0 atom stereocenters. The third-order valence-electron chi connectivity index (χ3n) is 4.62. The van der Waals surface area contributed by atoms with E-state index in [-0.39, 0.29) is 17.7 Å². The number of esters is 2. The number of carbonyl (C=O) groups excluding carboxylic acids is 2. The van der Waals surface area contributed by atoms with E-state index in [0.717, 1.165) is 22.3 Å². The van der Waals surface area contributed by atoms with E-state index in [4.69, 9.17) is 14.0 Å². The van der Waals surface area contributed by atoms with E-state index < -0.39 is 34.4 Å². The number of rotatable bonds is 10. The zero-order valence-electron chi connectivity index (χ0n) is 17.3. The minimum atomic E-state index is -4.26. The fourth-order valence-electron chi connectivity index (χ4n) is 3.57. The molecule has 12 heteroatoms. The number of hydrogen-bond donors (Lipinski definition) is 1. The van der Waals surface area contributed by atoms with Crippen LogP contribution in [0.15, 0.2) is 0 Å². The molecule has 0 aromatic heterocycles. The van der Waals surface area contributed by atoms with Crippen molar-refractivity contribution in [1.29, 1.82) is 0 Å². The van der Waals surface area contributed by atoms with Crippen LogP contribution < -0.4 is 0 Å². The quantitative estimate of drug-likeness (QED) is 0.259. The topological polar surface area (TPSA) is 107 Å². The lowest BCUT2D eigenvalue weighted by molar-refractivity contribution is 0.0477. The van der Waals surface area contributed by atoms with Crippen molar-refractivity contribution in [2.45, 2.75) is 32.2 Å². The summed E-state index contributed by atoms with van der Waals surface area (Å²) in [6.07, 6.45) is 2.45. The van der Waals surface area contributed by atoms with Gasteiger partial charge in [-0.2, -0.15) is 8.42 Å². The lowest BCUT2D eigenvalue weighted by atomic mass is 9.72.